The van der Waals surface area contributed by atoms with Crippen molar-refractivity contribution in [1.82, 2.24) is 14.7 Å². The standard InChI is InChI=1S/C19H22N4O3S/c1-12-2-4-13(5-3-12)23-17(15-10-27-11-16(15)21-23)20-18(25)19(26)22-8-6-14(24)7-9-22/h2-5,14,24H,6-11H2,1H3,(H,20,25). The van der Waals surface area contributed by atoms with E-state index in [0.717, 1.165) is 34.0 Å². The zero-order chi connectivity index (χ0) is 19.0. The lowest BCUT2D eigenvalue weighted by molar-refractivity contribution is -0.144. The molecule has 2 aromatic rings. The molecule has 2 aliphatic heterocycles. The SMILES string of the molecule is Cc1ccc(-n2nc3c(c2NC(=O)C(=O)N2CCC(O)CC2)CSC3)cc1. The van der Waals surface area contributed by atoms with Crippen LogP contribution in [0.5, 0.6) is 0 Å². The van der Waals surface area contributed by atoms with Gasteiger partial charge in [-0.3, -0.25) is 9.59 Å². The summed E-state index contributed by atoms with van der Waals surface area (Å²) in [5.41, 5.74) is 3.92. The number of piperidine rings is 1. The third kappa shape index (κ3) is 3.59. The van der Waals surface area contributed by atoms with Crippen LogP contribution in [0.15, 0.2) is 24.3 Å². The van der Waals surface area contributed by atoms with Gasteiger partial charge in [-0.2, -0.15) is 16.9 Å². The minimum atomic E-state index is -0.653. The maximum absolute atomic E-state index is 12.6. The van der Waals surface area contributed by atoms with Crippen LogP contribution in [-0.4, -0.2) is 50.8 Å². The number of aliphatic hydroxyl groups is 1. The molecule has 2 N–H and O–H groups in total. The van der Waals surface area contributed by atoms with Gasteiger partial charge in [0, 0.05) is 30.2 Å². The maximum Gasteiger partial charge on any atom is 0.315 e. The molecule has 0 atom stereocenters. The maximum atomic E-state index is 12.6. The molecule has 1 aromatic carbocycles. The average molecular weight is 386 g/mol. The normalized spacial score (nSPS) is 17.0. The number of amides is 2. The van der Waals surface area contributed by atoms with Crippen molar-refractivity contribution in [2.75, 3.05) is 18.4 Å². The molecule has 7 nitrogen and oxygen atoms in total. The summed E-state index contributed by atoms with van der Waals surface area (Å²) < 4.78 is 1.72. The fourth-order valence-corrected chi connectivity index (χ4v) is 4.42. The average Bonchev–Trinajstić information content (AvgIpc) is 3.25. The number of rotatable bonds is 2. The highest BCUT2D eigenvalue weighted by atomic mass is 32.2. The second kappa shape index (κ2) is 7.36. The number of aryl methyl sites for hydroxylation is 1. The van der Waals surface area contributed by atoms with Crippen LogP contribution in [0.1, 0.15) is 29.7 Å². The van der Waals surface area contributed by atoms with Gasteiger partial charge in [0.25, 0.3) is 0 Å². The van der Waals surface area contributed by atoms with Crippen molar-refractivity contribution in [3.8, 4) is 5.69 Å². The van der Waals surface area contributed by atoms with Gasteiger partial charge < -0.3 is 15.3 Å². The fourth-order valence-electron chi connectivity index (χ4n) is 3.39. The monoisotopic (exact) mass is 386 g/mol. The van der Waals surface area contributed by atoms with Crippen molar-refractivity contribution in [2.24, 2.45) is 0 Å². The van der Waals surface area contributed by atoms with E-state index in [0.29, 0.717) is 31.7 Å². The Morgan fingerprint density at radius 3 is 2.59 bits per heavy atom. The van der Waals surface area contributed by atoms with Gasteiger partial charge in [0.05, 0.1) is 17.5 Å². The summed E-state index contributed by atoms with van der Waals surface area (Å²) in [7, 11) is 0. The van der Waals surface area contributed by atoms with Gasteiger partial charge in [-0.05, 0) is 31.9 Å². The lowest BCUT2D eigenvalue weighted by atomic mass is 10.1. The molecule has 2 amide bonds. The Kier molecular flexibility index (Phi) is 4.92. The van der Waals surface area contributed by atoms with Gasteiger partial charge in [-0.15, -0.1) is 0 Å². The number of fused-ring (bicyclic) bond motifs is 1. The molecule has 1 aromatic heterocycles. The Hall–Kier alpha value is -2.32. The van der Waals surface area contributed by atoms with Crippen molar-refractivity contribution in [3.63, 3.8) is 0 Å². The van der Waals surface area contributed by atoms with Crippen molar-refractivity contribution in [3.05, 3.63) is 41.1 Å². The quantitative estimate of drug-likeness (QED) is 0.769. The number of aliphatic hydroxyl groups excluding tert-OH is 1. The Bertz CT molecular complexity index is 870. The van der Waals surface area contributed by atoms with E-state index >= 15 is 0 Å². The van der Waals surface area contributed by atoms with Crippen LogP contribution in [0.25, 0.3) is 5.69 Å². The largest absolute Gasteiger partial charge is 0.393 e. The molecular formula is C19H22N4O3S. The minimum Gasteiger partial charge on any atom is -0.393 e. The number of aromatic nitrogens is 2. The lowest BCUT2D eigenvalue weighted by Crippen LogP contribution is -2.45. The summed E-state index contributed by atoms with van der Waals surface area (Å²) >= 11 is 1.74. The van der Waals surface area contributed by atoms with E-state index in [-0.39, 0.29) is 6.10 Å². The molecule has 142 valence electrons. The number of nitrogens with one attached hydrogen (secondary N) is 1. The molecule has 8 heteroatoms. The third-order valence-electron chi connectivity index (χ3n) is 5.01. The van der Waals surface area contributed by atoms with Crippen LogP contribution < -0.4 is 5.32 Å². The summed E-state index contributed by atoms with van der Waals surface area (Å²) in [6.45, 7) is 2.82. The molecule has 4 rings (SSSR count). The minimum absolute atomic E-state index is 0.389. The van der Waals surface area contributed by atoms with E-state index < -0.39 is 11.8 Å². The van der Waals surface area contributed by atoms with Crippen LogP contribution >= 0.6 is 11.8 Å². The molecule has 1 saturated heterocycles. The molecule has 0 spiro atoms. The summed E-state index contributed by atoms with van der Waals surface area (Å²) in [6.07, 6.45) is 0.624. The van der Waals surface area contributed by atoms with Gasteiger partial charge in [0.2, 0.25) is 0 Å². The second-order valence-corrected chi connectivity index (χ2v) is 7.98. The van der Waals surface area contributed by atoms with E-state index in [9.17, 15) is 14.7 Å². The Morgan fingerprint density at radius 1 is 1.19 bits per heavy atom. The number of hydrogen-bond donors (Lipinski definition) is 2. The summed E-state index contributed by atoms with van der Waals surface area (Å²) in [5, 5.41) is 17.0. The molecule has 0 aliphatic carbocycles. The summed E-state index contributed by atoms with van der Waals surface area (Å²) in [4.78, 5) is 26.6. The zero-order valence-electron chi connectivity index (χ0n) is 15.1. The number of anilines is 1. The highest BCUT2D eigenvalue weighted by Crippen LogP contribution is 2.36. The highest BCUT2D eigenvalue weighted by molar-refractivity contribution is 7.98. The third-order valence-corrected chi connectivity index (χ3v) is 5.98. The van der Waals surface area contributed by atoms with Crippen LogP contribution in [0.2, 0.25) is 0 Å². The molecule has 0 radical (unpaired) electrons. The van der Waals surface area contributed by atoms with Crippen molar-refractivity contribution >= 4 is 29.4 Å². The molecule has 2 aliphatic rings. The van der Waals surface area contributed by atoms with Crippen molar-refractivity contribution in [1.29, 1.82) is 0 Å². The number of benzene rings is 1. The Labute approximate surface area is 161 Å². The van der Waals surface area contributed by atoms with Gasteiger partial charge >= 0.3 is 11.8 Å². The first-order valence-electron chi connectivity index (χ1n) is 9.07. The molecule has 0 saturated carbocycles. The zero-order valence-corrected chi connectivity index (χ0v) is 16.0. The van der Waals surface area contributed by atoms with Crippen LogP contribution in [-0.2, 0) is 21.1 Å². The topological polar surface area (TPSA) is 87.5 Å². The van der Waals surface area contributed by atoms with E-state index in [1.807, 2.05) is 31.2 Å². The number of likely N-dealkylation sites (tertiary alicyclic amines) is 1. The van der Waals surface area contributed by atoms with E-state index in [2.05, 4.69) is 10.4 Å². The Morgan fingerprint density at radius 2 is 1.89 bits per heavy atom. The van der Waals surface area contributed by atoms with Crippen LogP contribution in [0, 0.1) is 6.92 Å². The Balaban J connectivity index is 1.58. The van der Waals surface area contributed by atoms with Gasteiger partial charge in [-0.1, -0.05) is 17.7 Å². The van der Waals surface area contributed by atoms with Crippen LogP contribution in [0.3, 0.4) is 0 Å². The number of carbonyl (C=O) groups excluding carboxylic acids is 2. The predicted molar refractivity (Wildman–Crippen MR) is 104 cm³/mol. The van der Waals surface area contributed by atoms with Gasteiger partial charge in [0.1, 0.15) is 5.82 Å². The first kappa shape index (κ1) is 18.1. The summed E-state index contributed by atoms with van der Waals surface area (Å²) in [6, 6.07) is 7.89. The first-order valence-corrected chi connectivity index (χ1v) is 10.2. The lowest BCUT2D eigenvalue weighted by Gasteiger charge is -2.29. The van der Waals surface area contributed by atoms with Gasteiger partial charge in [-0.25, -0.2) is 4.68 Å². The second-order valence-electron chi connectivity index (χ2n) is 6.99. The number of carbonyl (C=O) groups is 2. The predicted octanol–water partition coefficient (Wildman–Crippen LogP) is 1.85. The van der Waals surface area contributed by atoms with E-state index in [1.54, 1.807) is 16.4 Å². The highest BCUT2D eigenvalue weighted by Gasteiger charge is 2.30. The van der Waals surface area contributed by atoms with Gasteiger partial charge in [0.15, 0.2) is 0 Å². The number of thioether (sulfide) groups is 1. The smallest absolute Gasteiger partial charge is 0.315 e. The number of hydrogen-bond acceptors (Lipinski definition) is 5. The van der Waals surface area contributed by atoms with Crippen molar-refractivity contribution in [2.45, 2.75) is 37.4 Å². The van der Waals surface area contributed by atoms with Crippen LogP contribution in [0.4, 0.5) is 5.82 Å². The van der Waals surface area contributed by atoms with Crippen molar-refractivity contribution < 1.29 is 14.7 Å². The summed E-state index contributed by atoms with van der Waals surface area (Å²) in [5.74, 6) is 0.933. The first-order chi connectivity index (χ1) is 13.0. The van der Waals surface area contributed by atoms with E-state index in [1.165, 1.54) is 4.90 Å². The van der Waals surface area contributed by atoms with E-state index in [4.69, 9.17) is 0 Å². The molecular weight excluding hydrogens is 364 g/mol. The molecule has 0 unspecified atom stereocenters. The number of nitrogens with zero attached hydrogens (tertiary/aromatic N) is 3. The fraction of sp³-hybridized carbons (Fsp3) is 0.421. The molecule has 27 heavy (non-hydrogen) atoms. The molecule has 1 fully saturated rings. The molecule has 0 bridgehead atoms. The molecule has 3 heterocycles.